The van der Waals surface area contributed by atoms with E-state index < -0.39 is 5.97 Å². The Hall–Kier alpha value is -3.73. The van der Waals surface area contributed by atoms with Crippen LogP contribution in [0.5, 0.6) is 0 Å². The minimum atomic E-state index is -1.05. The summed E-state index contributed by atoms with van der Waals surface area (Å²) in [6.07, 6.45) is 0. The molecule has 2 aromatic carbocycles. The Labute approximate surface area is 167 Å². The maximum atomic E-state index is 12.0. The summed E-state index contributed by atoms with van der Waals surface area (Å²) in [5.74, 6) is -0.574. The smallest absolute Gasteiger partial charge is 0.336 e. The molecule has 0 aromatic heterocycles. The molecule has 2 aromatic rings. The van der Waals surface area contributed by atoms with E-state index >= 15 is 0 Å². The van der Waals surface area contributed by atoms with Gasteiger partial charge in [-0.1, -0.05) is 18.2 Å². The Balaban J connectivity index is 2.22. The molecule has 0 spiro atoms. The van der Waals surface area contributed by atoms with Gasteiger partial charge in [0.05, 0.1) is 10.9 Å². The number of rotatable bonds is 3. The molecule has 1 aliphatic heterocycles. The first-order chi connectivity index (χ1) is 13.9. The predicted molar refractivity (Wildman–Crippen MR) is 111 cm³/mol. The van der Waals surface area contributed by atoms with Gasteiger partial charge in [-0.25, -0.2) is 4.79 Å². The van der Waals surface area contributed by atoms with Crippen LogP contribution >= 0.6 is 0 Å². The van der Waals surface area contributed by atoms with Crippen molar-refractivity contribution in [2.75, 3.05) is 7.05 Å². The zero-order valence-corrected chi connectivity index (χ0v) is 16.3. The summed E-state index contributed by atoms with van der Waals surface area (Å²) >= 11 is 0. The summed E-state index contributed by atoms with van der Waals surface area (Å²) < 4.78 is 6.14. The van der Waals surface area contributed by atoms with Crippen LogP contribution in [0.15, 0.2) is 64.0 Å². The van der Waals surface area contributed by atoms with Crippen LogP contribution in [0, 0.1) is 6.92 Å². The van der Waals surface area contributed by atoms with Gasteiger partial charge in [0.15, 0.2) is 5.78 Å². The first-order valence-corrected chi connectivity index (χ1v) is 9.18. The normalized spacial score (nSPS) is 11.9. The molecule has 0 saturated heterocycles. The molecule has 0 amide bonds. The van der Waals surface area contributed by atoms with Crippen molar-refractivity contribution < 1.29 is 19.1 Å². The van der Waals surface area contributed by atoms with Crippen LogP contribution in [0.25, 0.3) is 33.4 Å². The van der Waals surface area contributed by atoms with E-state index in [1.54, 1.807) is 19.2 Å². The first-order valence-electron chi connectivity index (χ1n) is 9.18. The maximum absolute atomic E-state index is 12.0. The molecule has 5 nitrogen and oxygen atoms in total. The van der Waals surface area contributed by atoms with Gasteiger partial charge in [-0.15, -0.1) is 0 Å². The summed E-state index contributed by atoms with van der Waals surface area (Å²) in [5.41, 5.74) is 4.24. The Kier molecular flexibility index (Phi) is 4.51. The van der Waals surface area contributed by atoms with E-state index in [0.717, 1.165) is 27.4 Å². The molecular formula is C24H19NO4. The number of benzene rings is 3. The highest BCUT2D eigenvalue weighted by molar-refractivity contribution is 6.09. The number of hydrogen-bond acceptors (Lipinski definition) is 4. The van der Waals surface area contributed by atoms with Crippen molar-refractivity contribution in [1.29, 1.82) is 0 Å². The number of hydrogen-bond donors (Lipinski definition) is 1. The van der Waals surface area contributed by atoms with Crippen molar-refractivity contribution in [3.63, 3.8) is 0 Å². The summed E-state index contributed by atoms with van der Waals surface area (Å²) in [4.78, 5) is 28.2. The van der Waals surface area contributed by atoms with Crippen LogP contribution in [0.2, 0.25) is 0 Å². The predicted octanol–water partition coefficient (Wildman–Crippen LogP) is 4.94. The number of carboxylic acids is 1. The molecule has 0 saturated carbocycles. The second-order valence-electron chi connectivity index (χ2n) is 7.00. The monoisotopic (exact) mass is 385 g/mol. The first kappa shape index (κ1) is 18.6. The van der Waals surface area contributed by atoms with Gasteiger partial charge in [0.2, 0.25) is 0 Å². The van der Waals surface area contributed by atoms with Crippen molar-refractivity contribution in [3.8, 4) is 22.5 Å². The van der Waals surface area contributed by atoms with Gasteiger partial charge < -0.3 is 9.52 Å². The summed E-state index contributed by atoms with van der Waals surface area (Å²) in [6, 6.07) is 16.0. The third kappa shape index (κ3) is 3.21. The largest absolute Gasteiger partial charge is 0.478 e. The van der Waals surface area contributed by atoms with E-state index in [-0.39, 0.29) is 11.3 Å². The molecule has 1 aliphatic carbocycles. The third-order valence-corrected chi connectivity index (χ3v) is 5.04. The maximum Gasteiger partial charge on any atom is 0.336 e. The van der Waals surface area contributed by atoms with Crippen molar-refractivity contribution in [1.82, 2.24) is 0 Å². The van der Waals surface area contributed by atoms with Crippen molar-refractivity contribution in [3.05, 3.63) is 76.6 Å². The summed E-state index contributed by atoms with van der Waals surface area (Å²) in [5, 5.41) is 11.3. The van der Waals surface area contributed by atoms with Gasteiger partial charge >= 0.3 is 5.97 Å². The van der Waals surface area contributed by atoms with Gasteiger partial charge in [0, 0.05) is 35.2 Å². The molecule has 0 unspecified atom stereocenters. The number of carboxylic acid groups (broad SMARTS) is 1. The highest BCUT2D eigenvalue weighted by Crippen LogP contribution is 2.41. The molecule has 2 aliphatic rings. The second kappa shape index (κ2) is 7.02. The minimum Gasteiger partial charge on any atom is -0.478 e. The SMILES string of the molecule is C/N=c1/ccc2c(-c3cc(C(C)=O)ccc3C(=O)O)c3ccc(C)cc3oc-2c1. The minimum absolute atomic E-state index is 0.125. The van der Waals surface area contributed by atoms with Crippen LogP contribution < -0.4 is 5.36 Å². The fourth-order valence-electron chi connectivity index (χ4n) is 3.57. The molecule has 29 heavy (non-hydrogen) atoms. The van der Waals surface area contributed by atoms with E-state index in [4.69, 9.17) is 4.42 Å². The molecule has 0 atom stereocenters. The summed E-state index contributed by atoms with van der Waals surface area (Å²) in [6.45, 7) is 3.43. The molecule has 144 valence electrons. The number of aromatic carboxylic acids is 1. The lowest BCUT2D eigenvalue weighted by Gasteiger charge is -2.17. The average Bonchev–Trinajstić information content (AvgIpc) is 2.70. The highest BCUT2D eigenvalue weighted by atomic mass is 16.4. The molecule has 0 bridgehead atoms. The van der Waals surface area contributed by atoms with Crippen LogP contribution in [-0.4, -0.2) is 23.9 Å². The molecule has 0 fully saturated rings. The van der Waals surface area contributed by atoms with Gasteiger partial charge in [0.1, 0.15) is 11.3 Å². The second-order valence-corrected chi connectivity index (χ2v) is 7.00. The standard InChI is InChI=1S/C24H19NO4/c1-13-4-7-18-21(10-13)29-22-12-16(25-3)6-9-19(22)23(18)20-11-15(14(2)26)5-8-17(20)24(27)28/h4-12H,1-3H3,(H,27,28)/b25-16-. The van der Waals surface area contributed by atoms with E-state index in [0.29, 0.717) is 22.5 Å². The van der Waals surface area contributed by atoms with E-state index in [1.807, 2.05) is 43.3 Å². The Bertz CT molecular complexity index is 1330. The lowest BCUT2D eigenvalue weighted by Crippen LogP contribution is -2.06. The lowest BCUT2D eigenvalue weighted by atomic mass is 9.89. The number of fused-ring (bicyclic) bond motifs is 2. The quantitative estimate of drug-likeness (QED) is 0.400. The molecular weight excluding hydrogens is 366 g/mol. The number of ketones is 1. The van der Waals surface area contributed by atoms with Crippen molar-refractivity contribution >= 4 is 22.7 Å². The van der Waals surface area contributed by atoms with E-state index in [1.165, 1.54) is 13.0 Å². The lowest BCUT2D eigenvalue weighted by molar-refractivity contribution is 0.0697. The Morgan fingerprint density at radius 2 is 1.76 bits per heavy atom. The number of carbonyl (C=O) groups is 2. The number of nitrogens with zero attached hydrogens (tertiary/aromatic N) is 1. The summed E-state index contributed by atoms with van der Waals surface area (Å²) in [7, 11) is 1.70. The van der Waals surface area contributed by atoms with E-state index in [2.05, 4.69) is 4.99 Å². The van der Waals surface area contributed by atoms with Crippen LogP contribution in [0.3, 0.4) is 0 Å². The van der Waals surface area contributed by atoms with Gasteiger partial charge in [-0.05, 0) is 55.3 Å². The molecule has 1 N–H and O–H groups in total. The van der Waals surface area contributed by atoms with Crippen molar-refractivity contribution in [2.24, 2.45) is 4.99 Å². The zero-order chi connectivity index (χ0) is 20.7. The fourth-order valence-corrected chi connectivity index (χ4v) is 3.57. The van der Waals surface area contributed by atoms with Crippen molar-refractivity contribution in [2.45, 2.75) is 13.8 Å². The Morgan fingerprint density at radius 1 is 0.966 bits per heavy atom. The zero-order valence-electron chi connectivity index (χ0n) is 16.3. The molecule has 4 rings (SSSR count). The average molecular weight is 385 g/mol. The van der Waals surface area contributed by atoms with Gasteiger partial charge in [-0.3, -0.25) is 9.79 Å². The molecule has 5 heteroatoms. The van der Waals surface area contributed by atoms with Gasteiger partial charge in [-0.2, -0.15) is 0 Å². The van der Waals surface area contributed by atoms with Crippen LogP contribution in [0.1, 0.15) is 33.2 Å². The van der Waals surface area contributed by atoms with E-state index in [9.17, 15) is 14.7 Å². The number of carbonyl (C=O) groups excluding carboxylic acids is 1. The van der Waals surface area contributed by atoms with Crippen LogP contribution in [-0.2, 0) is 0 Å². The van der Waals surface area contributed by atoms with Gasteiger partial charge in [0.25, 0.3) is 0 Å². The molecule has 1 heterocycles. The van der Waals surface area contributed by atoms with Crippen LogP contribution in [0.4, 0.5) is 0 Å². The highest BCUT2D eigenvalue weighted by Gasteiger charge is 2.22. The number of aryl methyl sites for hydroxylation is 1. The fraction of sp³-hybridized carbons (Fsp3) is 0.125. The topological polar surface area (TPSA) is 79.9 Å². The number of Topliss-reactive ketones (excluding diaryl/α,β-unsaturated/α-hetero) is 1. The molecule has 0 radical (unpaired) electrons. The third-order valence-electron chi connectivity index (χ3n) is 5.04. The Morgan fingerprint density at radius 3 is 2.45 bits per heavy atom.